The van der Waals surface area contributed by atoms with Crippen LogP contribution in [0.4, 0.5) is 0 Å². The van der Waals surface area contributed by atoms with Gasteiger partial charge in [-0.1, -0.05) is 0 Å². The summed E-state index contributed by atoms with van der Waals surface area (Å²) in [5.74, 6) is 0.454. The van der Waals surface area contributed by atoms with Gasteiger partial charge in [0.15, 0.2) is 0 Å². The molecule has 16 heavy (non-hydrogen) atoms. The number of sulfonamides is 1. The fraction of sp³-hybridized carbons (Fsp3) is 1.00. The fourth-order valence-electron chi connectivity index (χ4n) is 1.88. The van der Waals surface area contributed by atoms with E-state index in [9.17, 15) is 8.42 Å². The van der Waals surface area contributed by atoms with Gasteiger partial charge in [0.05, 0.1) is 5.25 Å². The Morgan fingerprint density at radius 3 is 2.25 bits per heavy atom. The Balaban J connectivity index is 2.30. The summed E-state index contributed by atoms with van der Waals surface area (Å²) in [6.07, 6.45) is 4.12. The van der Waals surface area contributed by atoms with Crippen molar-refractivity contribution in [3.63, 3.8) is 0 Å². The van der Waals surface area contributed by atoms with Gasteiger partial charge in [-0.05, 0) is 57.2 Å². The van der Waals surface area contributed by atoms with Gasteiger partial charge in [0.2, 0.25) is 10.0 Å². The molecule has 0 aromatic rings. The zero-order valence-electron chi connectivity index (χ0n) is 9.87. The first-order chi connectivity index (χ1) is 7.45. The standard InChI is InChI=1S/C10H21ClN2O2S/c1-8(2)16(14,15)12-7-9-3-5-10(13-11)6-4-9/h8-10,12-13H,3-7H2,1-2H3/t9-,10-. The molecule has 0 aromatic heterocycles. The second kappa shape index (κ2) is 6.19. The van der Waals surface area contributed by atoms with E-state index in [2.05, 4.69) is 9.56 Å². The van der Waals surface area contributed by atoms with Crippen molar-refractivity contribution in [2.45, 2.75) is 50.8 Å². The minimum atomic E-state index is -3.11. The number of hydrogen-bond donors (Lipinski definition) is 2. The second-order valence-corrected chi connectivity index (χ2v) is 7.31. The van der Waals surface area contributed by atoms with Crippen molar-refractivity contribution in [3.8, 4) is 0 Å². The molecule has 4 nitrogen and oxygen atoms in total. The summed E-state index contributed by atoms with van der Waals surface area (Å²) in [5, 5.41) is -0.353. The topological polar surface area (TPSA) is 58.2 Å². The molecule has 0 amide bonds. The summed E-state index contributed by atoms with van der Waals surface area (Å²) < 4.78 is 25.8. The monoisotopic (exact) mass is 268 g/mol. The van der Waals surface area contributed by atoms with Crippen molar-refractivity contribution in [2.24, 2.45) is 5.92 Å². The maximum atomic E-state index is 11.5. The molecule has 96 valence electrons. The van der Waals surface area contributed by atoms with Crippen LogP contribution in [0.1, 0.15) is 39.5 Å². The van der Waals surface area contributed by atoms with Crippen LogP contribution in [0.2, 0.25) is 0 Å². The smallest absolute Gasteiger partial charge is 0.213 e. The Hall–Kier alpha value is 0.160. The highest BCUT2D eigenvalue weighted by molar-refractivity contribution is 7.90. The Kier molecular flexibility index (Phi) is 5.50. The van der Waals surface area contributed by atoms with Gasteiger partial charge in [0.25, 0.3) is 0 Å². The predicted molar refractivity (Wildman–Crippen MR) is 66.8 cm³/mol. The van der Waals surface area contributed by atoms with Crippen LogP contribution in [0.25, 0.3) is 0 Å². The summed E-state index contributed by atoms with van der Waals surface area (Å²) >= 11 is 5.56. The maximum absolute atomic E-state index is 11.5. The summed E-state index contributed by atoms with van der Waals surface area (Å²) in [6.45, 7) is 3.95. The SMILES string of the molecule is CC(C)S(=O)(=O)NC[C@H]1CC[C@H](NCl)CC1. The molecule has 0 heterocycles. The molecule has 6 heteroatoms. The van der Waals surface area contributed by atoms with E-state index in [0.717, 1.165) is 25.7 Å². The Morgan fingerprint density at radius 2 is 1.81 bits per heavy atom. The molecular formula is C10H21ClN2O2S. The molecule has 1 saturated carbocycles. The van der Waals surface area contributed by atoms with Crippen molar-refractivity contribution in [3.05, 3.63) is 0 Å². The van der Waals surface area contributed by atoms with Gasteiger partial charge in [0.1, 0.15) is 0 Å². The van der Waals surface area contributed by atoms with Crippen molar-refractivity contribution >= 4 is 21.8 Å². The molecule has 1 aliphatic rings. The average Bonchev–Trinajstić information content (AvgIpc) is 2.27. The van der Waals surface area contributed by atoms with Crippen LogP contribution in [-0.2, 0) is 10.0 Å². The Labute approximate surface area is 103 Å². The molecule has 1 aliphatic carbocycles. The number of halogens is 1. The molecule has 2 N–H and O–H groups in total. The van der Waals surface area contributed by atoms with Gasteiger partial charge in [-0.25, -0.2) is 18.0 Å². The summed E-state index contributed by atoms with van der Waals surface area (Å²) in [6, 6.07) is 0.389. The van der Waals surface area contributed by atoms with E-state index in [1.807, 2.05) is 0 Å². The number of rotatable bonds is 5. The minimum Gasteiger partial charge on any atom is -0.230 e. The molecule has 0 aliphatic heterocycles. The summed E-state index contributed by atoms with van der Waals surface area (Å²) in [4.78, 5) is 2.75. The van der Waals surface area contributed by atoms with Crippen LogP contribution in [0.5, 0.6) is 0 Å². The molecule has 1 rings (SSSR count). The first-order valence-electron chi connectivity index (χ1n) is 5.80. The lowest BCUT2D eigenvalue weighted by molar-refractivity contribution is 0.315. The van der Waals surface area contributed by atoms with Crippen LogP contribution in [0.3, 0.4) is 0 Å². The molecule has 0 atom stereocenters. The first kappa shape index (κ1) is 14.2. The molecule has 0 bridgehead atoms. The lowest BCUT2D eigenvalue weighted by atomic mass is 9.87. The van der Waals surface area contributed by atoms with E-state index >= 15 is 0 Å². The molecular weight excluding hydrogens is 248 g/mol. The second-order valence-electron chi connectivity index (χ2n) is 4.77. The summed E-state index contributed by atoms with van der Waals surface area (Å²) in [7, 11) is -3.11. The first-order valence-corrected chi connectivity index (χ1v) is 7.72. The lowest BCUT2D eigenvalue weighted by Crippen LogP contribution is -2.37. The zero-order valence-corrected chi connectivity index (χ0v) is 11.4. The van der Waals surface area contributed by atoms with Crippen LogP contribution in [-0.4, -0.2) is 26.3 Å². The van der Waals surface area contributed by atoms with E-state index in [-0.39, 0.29) is 5.25 Å². The highest BCUT2D eigenvalue weighted by Gasteiger charge is 2.23. The lowest BCUT2D eigenvalue weighted by Gasteiger charge is -2.27. The largest absolute Gasteiger partial charge is 0.230 e. The van der Waals surface area contributed by atoms with Crippen molar-refractivity contribution in [2.75, 3.05) is 6.54 Å². The fourth-order valence-corrected chi connectivity index (χ4v) is 2.90. The van der Waals surface area contributed by atoms with E-state index in [4.69, 9.17) is 11.8 Å². The third-order valence-electron chi connectivity index (χ3n) is 3.19. The van der Waals surface area contributed by atoms with E-state index in [1.165, 1.54) is 0 Å². The van der Waals surface area contributed by atoms with Gasteiger partial charge >= 0.3 is 0 Å². The van der Waals surface area contributed by atoms with Crippen molar-refractivity contribution in [1.29, 1.82) is 0 Å². The van der Waals surface area contributed by atoms with Crippen LogP contribution in [0, 0.1) is 5.92 Å². The maximum Gasteiger partial charge on any atom is 0.213 e. The van der Waals surface area contributed by atoms with Gasteiger partial charge < -0.3 is 0 Å². The third kappa shape index (κ3) is 4.20. The van der Waals surface area contributed by atoms with Gasteiger partial charge in [0, 0.05) is 12.6 Å². The Bertz CT molecular complexity index is 298. The highest BCUT2D eigenvalue weighted by Crippen LogP contribution is 2.24. The van der Waals surface area contributed by atoms with Crippen molar-refractivity contribution in [1.82, 2.24) is 9.56 Å². The minimum absolute atomic E-state index is 0.353. The number of nitrogens with one attached hydrogen (secondary N) is 2. The van der Waals surface area contributed by atoms with E-state index < -0.39 is 10.0 Å². The van der Waals surface area contributed by atoms with Crippen LogP contribution in [0.15, 0.2) is 0 Å². The normalized spacial score (nSPS) is 27.2. The van der Waals surface area contributed by atoms with E-state index in [0.29, 0.717) is 18.5 Å². The van der Waals surface area contributed by atoms with Crippen molar-refractivity contribution < 1.29 is 8.42 Å². The molecule has 0 radical (unpaired) electrons. The van der Waals surface area contributed by atoms with Gasteiger partial charge in [-0.3, -0.25) is 0 Å². The quantitative estimate of drug-likeness (QED) is 0.745. The molecule has 0 saturated heterocycles. The van der Waals surface area contributed by atoms with Crippen LogP contribution < -0.4 is 9.56 Å². The Morgan fingerprint density at radius 1 is 1.25 bits per heavy atom. The van der Waals surface area contributed by atoms with Crippen LogP contribution >= 0.6 is 11.8 Å². The zero-order chi connectivity index (χ0) is 12.2. The van der Waals surface area contributed by atoms with Gasteiger partial charge in [-0.15, -0.1) is 0 Å². The molecule has 1 fully saturated rings. The van der Waals surface area contributed by atoms with E-state index in [1.54, 1.807) is 13.8 Å². The third-order valence-corrected chi connectivity index (χ3v) is 5.31. The highest BCUT2D eigenvalue weighted by atomic mass is 35.5. The molecule has 0 spiro atoms. The molecule has 0 unspecified atom stereocenters. The average molecular weight is 269 g/mol. The van der Waals surface area contributed by atoms with Gasteiger partial charge in [-0.2, -0.15) is 0 Å². The number of hydrogen-bond acceptors (Lipinski definition) is 3. The summed E-state index contributed by atoms with van der Waals surface area (Å²) in [5.41, 5.74) is 0. The predicted octanol–water partition coefficient (Wildman–Crippen LogP) is 1.62. The molecule has 0 aromatic carbocycles.